The lowest BCUT2D eigenvalue weighted by Gasteiger charge is -2.22. The number of ether oxygens (including phenoxy) is 2. The summed E-state index contributed by atoms with van der Waals surface area (Å²) in [6.45, 7) is 0.853. The van der Waals surface area contributed by atoms with Crippen LogP contribution in [-0.2, 0) is 11.3 Å². The lowest BCUT2D eigenvalue weighted by molar-refractivity contribution is -0.132. The minimum Gasteiger partial charge on any atom is -0.490 e. The zero-order valence-corrected chi connectivity index (χ0v) is 18.5. The highest BCUT2D eigenvalue weighted by atomic mass is 79.9. The Morgan fingerprint density at radius 2 is 1.97 bits per heavy atom. The van der Waals surface area contributed by atoms with Gasteiger partial charge in [0.25, 0.3) is 5.91 Å². The van der Waals surface area contributed by atoms with Crippen molar-refractivity contribution in [1.82, 2.24) is 10.2 Å². The molecule has 29 heavy (non-hydrogen) atoms. The maximum Gasteiger partial charge on any atom is 0.387 e. The van der Waals surface area contributed by atoms with Gasteiger partial charge < -0.3 is 19.7 Å². The Hall–Kier alpha value is -2.20. The van der Waals surface area contributed by atoms with Crippen LogP contribution in [0.1, 0.15) is 29.1 Å². The first-order chi connectivity index (χ1) is 13.7. The summed E-state index contributed by atoms with van der Waals surface area (Å²) in [7, 11) is 1.59. The van der Waals surface area contributed by atoms with Gasteiger partial charge in [-0.2, -0.15) is 8.78 Å². The number of hydrogen-bond donors (Lipinski definition) is 1. The minimum atomic E-state index is -2.96. The summed E-state index contributed by atoms with van der Waals surface area (Å²) >= 11 is 4.57. The van der Waals surface area contributed by atoms with E-state index >= 15 is 0 Å². The molecule has 2 amide bonds. The van der Waals surface area contributed by atoms with Crippen molar-refractivity contribution in [2.24, 2.45) is 0 Å². The highest BCUT2D eigenvalue weighted by Gasteiger charge is 2.21. The van der Waals surface area contributed by atoms with Crippen LogP contribution in [0.4, 0.5) is 8.78 Å². The zero-order chi connectivity index (χ0) is 21.6. The van der Waals surface area contributed by atoms with Crippen molar-refractivity contribution in [2.45, 2.75) is 33.0 Å². The number of alkyl halides is 2. The summed E-state index contributed by atoms with van der Waals surface area (Å²) in [5.74, 6) is -0.514. The predicted molar refractivity (Wildman–Crippen MR) is 110 cm³/mol. The molecule has 6 nitrogen and oxygen atoms in total. The van der Waals surface area contributed by atoms with Crippen molar-refractivity contribution in [1.29, 1.82) is 0 Å². The average Bonchev–Trinajstić information content (AvgIpc) is 3.09. The Morgan fingerprint density at radius 3 is 2.55 bits per heavy atom. The third-order valence-corrected chi connectivity index (χ3v) is 5.46. The van der Waals surface area contributed by atoms with Gasteiger partial charge in [0.05, 0.1) is 15.3 Å². The summed E-state index contributed by atoms with van der Waals surface area (Å²) < 4.78 is 35.6. The largest absolute Gasteiger partial charge is 0.490 e. The van der Waals surface area contributed by atoms with Gasteiger partial charge in [-0.15, -0.1) is 11.3 Å². The molecular formula is C19H21BrF2N2O4S. The minimum absolute atomic E-state index is 0.0673. The summed E-state index contributed by atoms with van der Waals surface area (Å²) in [5, 5.41) is 2.67. The standard InChI is InChI=1S/C19H21BrF2N2O4S/c1-4-27-14-9-12(5-6-13(14)28-19(21)22)10-24(3)18(26)11(2)23-17(25)15-7-8-16(20)29-15/h5-9,11,19H,4,10H2,1-3H3,(H,23,25). The van der Waals surface area contributed by atoms with E-state index in [2.05, 4.69) is 26.0 Å². The summed E-state index contributed by atoms with van der Waals surface area (Å²) in [6.07, 6.45) is 0. The van der Waals surface area contributed by atoms with E-state index in [1.54, 1.807) is 45.2 Å². The molecule has 0 saturated carbocycles. The van der Waals surface area contributed by atoms with Crippen molar-refractivity contribution >= 4 is 39.1 Å². The number of nitrogens with one attached hydrogen (secondary N) is 1. The van der Waals surface area contributed by atoms with Gasteiger partial charge in [0.2, 0.25) is 5.91 Å². The fourth-order valence-electron chi connectivity index (χ4n) is 2.56. The molecule has 0 aliphatic carbocycles. The molecule has 1 aromatic heterocycles. The second kappa shape index (κ2) is 10.5. The summed E-state index contributed by atoms with van der Waals surface area (Å²) in [6, 6.07) is 7.21. The van der Waals surface area contributed by atoms with E-state index in [0.717, 1.165) is 3.79 Å². The molecule has 158 valence electrons. The maximum absolute atomic E-state index is 12.6. The lowest BCUT2D eigenvalue weighted by Crippen LogP contribution is -2.45. The Kier molecular flexibility index (Phi) is 8.39. The highest BCUT2D eigenvalue weighted by molar-refractivity contribution is 9.11. The molecule has 2 rings (SSSR count). The number of carbonyl (C=O) groups excluding carboxylic acids is 2. The molecule has 10 heteroatoms. The normalized spacial score (nSPS) is 11.8. The van der Waals surface area contributed by atoms with Crippen molar-refractivity contribution < 1.29 is 27.8 Å². The lowest BCUT2D eigenvalue weighted by atomic mass is 10.1. The molecular weight excluding hydrogens is 470 g/mol. The van der Waals surface area contributed by atoms with Crippen LogP contribution in [0.25, 0.3) is 0 Å². The first-order valence-electron chi connectivity index (χ1n) is 8.73. The highest BCUT2D eigenvalue weighted by Crippen LogP contribution is 2.30. The summed E-state index contributed by atoms with van der Waals surface area (Å²) in [5.41, 5.74) is 0.673. The van der Waals surface area contributed by atoms with Gasteiger partial charge in [0.15, 0.2) is 11.5 Å². The van der Waals surface area contributed by atoms with Crippen LogP contribution in [0, 0.1) is 0 Å². The van der Waals surface area contributed by atoms with Crippen molar-refractivity contribution in [2.75, 3.05) is 13.7 Å². The molecule has 0 radical (unpaired) electrons. The number of rotatable bonds is 9. The van der Waals surface area contributed by atoms with Crippen LogP contribution in [0.15, 0.2) is 34.1 Å². The molecule has 2 aromatic rings. The Morgan fingerprint density at radius 1 is 1.24 bits per heavy atom. The number of carbonyl (C=O) groups is 2. The van der Waals surface area contributed by atoms with Crippen LogP contribution >= 0.6 is 27.3 Å². The number of thiophene rings is 1. The molecule has 0 spiro atoms. The molecule has 1 N–H and O–H groups in total. The molecule has 0 fully saturated rings. The zero-order valence-electron chi connectivity index (χ0n) is 16.1. The van der Waals surface area contributed by atoms with Gasteiger partial charge in [0, 0.05) is 13.6 Å². The van der Waals surface area contributed by atoms with Crippen LogP contribution in [0.5, 0.6) is 11.5 Å². The quantitative estimate of drug-likeness (QED) is 0.569. The Bertz CT molecular complexity index is 862. The van der Waals surface area contributed by atoms with E-state index in [0.29, 0.717) is 10.4 Å². The van der Waals surface area contributed by atoms with Gasteiger partial charge >= 0.3 is 6.61 Å². The fraction of sp³-hybridized carbons (Fsp3) is 0.368. The van der Waals surface area contributed by atoms with E-state index < -0.39 is 12.7 Å². The average molecular weight is 491 g/mol. The Labute approximate surface area is 179 Å². The van der Waals surface area contributed by atoms with Gasteiger partial charge in [-0.05, 0) is 59.6 Å². The second-order valence-corrected chi connectivity index (χ2v) is 8.55. The van der Waals surface area contributed by atoms with Crippen molar-refractivity contribution in [3.8, 4) is 11.5 Å². The SMILES string of the molecule is CCOc1cc(CN(C)C(=O)C(C)NC(=O)c2ccc(Br)s2)ccc1OC(F)F. The molecule has 1 heterocycles. The van der Waals surface area contributed by atoms with Crippen LogP contribution in [0.3, 0.4) is 0 Å². The van der Waals surface area contributed by atoms with Crippen LogP contribution < -0.4 is 14.8 Å². The van der Waals surface area contributed by atoms with Gasteiger partial charge in [-0.1, -0.05) is 6.07 Å². The molecule has 1 aromatic carbocycles. The van der Waals surface area contributed by atoms with E-state index in [9.17, 15) is 18.4 Å². The third-order valence-electron chi connectivity index (χ3n) is 3.84. The third kappa shape index (κ3) is 6.67. The summed E-state index contributed by atoms with van der Waals surface area (Å²) in [4.78, 5) is 26.7. The topological polar surface area (TPSA) is 67.9 Å². The number of halogens is 3. The van der Waals surface area contributed by atoms with Gasteiger partial charge in [0.1, 0.15) is 6.04 Å². The van der Waals surface area contributed by atoms with Crippen molar-refractivity contribution in [3.05, 3.63) is 44.6 Å². The van der Waals surface area contributed by atoms with Crippen LogP contribution in [0.2, 0.25) is 0 Å². The van der Waals surface area contributed by atoms with Crippen molar-refractivity contribution in [3.63, 3.8) is 0 Å². The number of likely N-dealkylation sites (N-methyl/N-ethyl adjacent to an activating group) is 1. The molecule has 1 atom stereocenters. The number of amides is 2. The van der Waals surface area contributed by atoms with Gasteiger partial charge in [-0.25, -0.2) is 0 Å². The molecule has 0 aliphatic rings. The first-order valence-corrected chi connectivity index (χ1v) is 10.3. The molecule has 0 bridgehead atoms. The number of hydrogen-bond acceptors (Lipinski definition) is 5. The fourth-order valence-corrected chi connectivity index (χ4v) is 3.85. The van der Waals surface area contributed by atoms with Gasteiger partial charge in [-0.3, -0.25) is 9.59 Å². The monoisotopic (exact) mass is 490 g/mol. The predicted octanol–water partition coefficient (Wildman–Crippen LogP) is 4.29. The smallest absolute Gasteiger partial charge is 0.387 e. The Balaban J connectivity index is 2.02. The first kappa shape index (κ1) is 23.1. The van der Waals surface area contributed by atoms with Crippen LogP contribution in [-0.4, -0.2) is 43.0 Å². The maximum atomic E-state index is 12.6. The second-order valence-electron chi connectivity index (χ2n) is 6.09. The van der Waals surface area contributed by atoms with E-state index in [-0.39, 0.29) is 36.5 Å². The molecule has 0 saturated heterocycles. The molecule has 1 unspecified atom stereocenters. The number of nitrogens with zero attached hydrogens (tertiary/aromatic N) is 1. The van der Waals surface area contributed by atoms with E-state index in [1.165, 1.54) is 22.3 Å². The van der Waals surface area contributed by atoms with E-state index in [4.69, 9.17) is 4.74 Å². The number of benzene rings is 1. The van der Waals surface area contributed by atoms with E-state index in [1.807, 2.05) is 0 Å². The molecule has 0 aliphatic heterocycles.